The van der Waals surface area contributed by atoms with Crippen LogP contribution < -0.4 is 10.6 Å². The van der Waals surface area contributed by atoms with Crippen molar-refractivity contribution in [3.05, 3.63) is 0 Å². The van der Waals surface area contributed by atoms with Gasteiger partial charge in [-0.25, -0.2) is 0 Å². The van der Waals surface area contributed by atoms with Crippen LogP contribution in [0.25, 0.3) is 0 Å². The molecule has 1 aliphatic rings. The topological polar surface area (TPSA) is 44.4 Å². The quantitative estimate of drug-likeness (QED) is 0.623. The van der Waals surface area contributed by atoms with E-state index in [0.717, 1.165) is 6.54 Å². The van der Waals surface area contributed by atoms with Crippen LogP contribution in [0.1, 0.15) is 19.8 Å². The van der Waals surface area contributed by atoms with E-state index >= 15 is 0 Å². The zero-order valence-electron chi connectivity index (χ0n) is 9.34. The Balaban J connectivity index is 2.01. The first-order chi connectivity index (χ1) is 6.59. The first-order valence-electron chi connectivity index (χ1n) is 5.26. The zero-order chi connectivity index (χ0) is 10.6. The summed E-state index contributed by atoms with van der Waals surface area (Å²) >= 11 is 0. The molecule has 4 nitrogen and oxygen atoms in total. The van der Waals surface area contributed by atoms with E-state index in [4.69, 9.17) is 0 Å². The molecule has 1 saturated carbocycles. The van der Waals surface area contributed by atoms with Crippen LogP contribution in [0.15, 0.2) is 0 Å². The number of hydrogen-bond donors (Lipinski definition) is 2. The van der Waals surface area contributed by atoms with E-state index in [0.29, 0.717) is 18.6 Å². The lowest BCUT2D eigenvalue weighted by atomic mass is 10.3. The molecule has 4 heteroatoms. The maximum Gasteiger partial charge on any atom is 0.234 e. The van der Waals surface area contributed by atoms with Crippen molar-refractivity contribution in [1.82, 2.24) is 15.5 Å². The summed E-state index contributed by atoms with van der Waals surface area (Å²) in [5, 5.41) is 6.09. The molecule has 1 amide bonds. The van der Waals surface area contributed by atoms with E-state index < -0.39 is 0 Å². The molecule has 0 bridgehead atoms. The smallest absolute Gasteiger partial charge is 0.234 e. The van der Waals surface area contributed by atoms with Gasteiger partial charge in [-0.1, -0.05) is 0 Å². The molecule has 0 radical (unpaired) electrons. The molecule has 14 heavy (non-hydrogen) atoms. The largest absolute Gasteiger partial charge is 0.353 e. The molecule has 2 N–H and O–H groups in total. The Morgan fingerprint density at radius 2 is 2.14 bits per heavy atom. The van der Waals surface area contributed by atoms with Gasteiger partial charge in [-0.05, 0) is 33.9 Å². The maximum atomic E-state index is 11.3. The van der Waals surface area contributed by atoms with Gasteiger partial charge in [0.15, 0.2) is 0 Å². The molecule has 82 valence electrons. The van der Waals surface area contributed by atoms with Crippen molar-refractivity contribution in [1.29, 1.82) is 0 Å². The Bertz CT molecular complexity index is 190. The molecule has 0 heterocycles. The summed E-state index contributed by atoms with van der Waals surface area (Å²) in [6.45, 7) is 3.28. The van der Waals surface area contributed by atoms with Crippen molar-refractivity contribution in [3.63, 3.8) is 0 Å². The number of rotatable bonds is 6. The average molecular weight is 199 g/mol. The first-order valence-corrected chi connectivity index (χ1v) is 5.26. The molecule has 0 saturated heterocycles. The number of amides is 1. The monoisotopic (exact) mass is 199 g/mol. The molecule has 0 aromatic heterocycles. The van der Waals surface area contributed by atoms with E-state index in [1.807, 2.05) is 14.1 Å². The highest BCUT2D eigenvalue weighted by Gasteiger charge is 2.21. The number of hydrogen-bond acceptors (Lipinski definition) is 3. The number of nitrogens with one attached hydrogen (secondary N) is 2. The predicted molar refractivity (Wildman–Crippen MR) is 57.2 cm³/mol. The van der Waals surface area contributed by atoms with Gasteiger partial charge in [-0.15, -0.1) is 0 Å². The maximum absolute atomic E-state index is 11.3. The Labute approximate surface area is 86.0 Å². The summed E-state index contributed by atoms with van der Waals surface area (Å²) in [5.74, 6) is 0.102. The third-order valence-corrected chi connectivity index (χ3v) is 2.60. The minimum atomic E-state index is 0.102. The molecule has 1 aliphatic carbocycles. The van der Waals surface area contributed by atoms with Crippen molar-refractivity contribution in [2.45, 2.75) is 31.8 Å². The summed E-state index contributed by atoms with van der Waals surface area (Å²) in [7, 11) is 4.03. The summed E-state index contributed by atoms with van der Waals surface area (Å²) in [4.78, 5) is 13.4. The fourth-order valence-electron chi connectivity index (χ4n) is 1.03. The number of nitrogens with zero attached hydrogens (tertiary/aromatic N) is 1. The van der Waals surface area contributed by atoms with Gasteiger partial charge in [0, 0.05) is 18.6 Å². The highest BCUT2D eigenvalue weighted by Crippen LogP contribution is 2.17. The normalized spacial score (nSPS) is 18.3. The number of likely N-dealkylation sites (N-methyl/N-ethyl adjacent to an activating group) is 1. The Morgan fingerprint density at radius 3 is 2.64 bits per heavy atom. The third kappa shape index (κ3) is 4.58. The van der Waals surface area contributed by atoms with Crippen molar-refractivity contribution in [2.24, 2.45) is 0 Å². The van der Waals surface area contributed by atoms with Crippen LogP contribution in [-0.4, -0.2) is 50.1 Å². The fourth-order valence-corrected chi connectivity index (χ4v) is 1.03. The second-order valence-corrected chi connectivity index (χ2v) is 4.27. The number of carbonyl (C=O) groups excluding carboxylic acids is 1. The van der Waals surface area contributed by atoms with Gasteiger partial charge in [-0.2, -0.15) is 0 Å². The summed E-state index contributed by atoms with van der Waals surface area (Å²) < 4.78 is 0. The van der Waals surface area contributed by atoms with Crippen molar-refractivity contribution in [2.75, 3.05) is 27.2 Å². The second kappa shape index (κ2) is 5.32. The van der Waals surface area contributed by atoms with Crippen LogP contribution in [0, 0.1) is 0 Å². The molecular weight excluding hydrogens is 178 g/mol. The average Bonchev–Trinajstić information content (AvgIpc) is 2.94. The molecule has 0 spiro atoms. The lowest BCUT2D eigenvalue weighted by Gasteiger charge is -2.19. The van der Waals surface area contributed by atoms with Crippen LogP contribution in [0.4, 0.5) is 0 Å². The standard InChI is InChI=1S/C10H21N3O/c1-8(13(2)3)6-12-10(14)7-11-9-4-5-9/h8-9,11H,4-7H2,1-3H3,(H,12,14). The van der Waals surface area contributed by atoms with Gasteiger partial charge >= 0.3 is 0 Å². The Morgan fingerprint density at radius 1 is 1.50 bits per heavy atom. The number of carbonyl (C=O) groups is 1. The van der Waals surface area contributed by atoms with Gasteiger partial charge in [0.1, 0.15) is 0 Å². The SMILES string of the molecule is CC(CNC(=O)CNC1CC1)N(C)C. The highest BCUT2D eigenvalue weighted by atomic mass is 16.1. The molecule has 1 atom stereocenters. The van der Waals surface area contributed by atoms with Crippen LogP contribution in [0.2, 0.25) is 0 Å². The molecule has 0 aliphatic heterocycles. The minimum absolute atomic E-state index is 0.102. The summed E-state index contributed by atoms with van der Waals surface area (Å²) in [6.07, 6.45) is 2.45. The minimum Gasteiger partial charge on any atom is -0.353 e. The van der Waals surface area contributed by atoms with E-state index in [1.165, 1.54) is 12.8 Å². The molecular formula is C10H21N3O. The molecule has 1 rings (SSSR count). The lowest BCUT2D eigenvalue weighted by molar-refractivity contribution is -0.120. The predicted octanol–water partition coefficient (Wildman–Crippen LogP) is -0.195. The van der Waals surface area contributed by atoms with E-state index in [1.54, 1.807) is 0 Å². The molecule has 1 unspecified atom stereocenters. The van der Waals surface area contributed by atoms with Crippen LogP contribution in [-0.2, 0) is 4.79 Å². The highest BCUT2D eigenvalue weighted by molar-refractivity contribution is 5.78. The van der Waals surface area contributed by atoms with E-state index in [2.05, 4.69) is 22.5 Å². The van der Waals surface area contributed by atoms with Crippen LogP contribution in [0.3, 0.4) is 0 Å². The third-order valence-electron chi connectivity index (χ3n) is 2.60. The summed E-state index contributed by atoms with van der Waals surface area (Å²) in [5.41, 5.74) is 0. The van der Waals surface area contributed by atoms with Gasteiger partial charge in [0.2, 0.25) is 5.91 Å². The second-order valence-electron chi connectivity index (χ2n) is 4.27. The van der Waals surface area contributed by atoms with Crippen molar-refractivity contribution in [3.8, 4) is 0 Å². The molecule has 0 aromatic carbocycles. The molecule has 1 fully saturated rings. The fraction of sp³-hybridized carbons (Fsp3) is 0.900. The van der Waals surface area contributed by atoms with Gasteiger partial charge in [-0.3, -0.25) is 4.79 Å². The van der Waals surface area contributed by atoms with Crippen molar-refractivity contribution >= 4 is 5.91 Å². The zero-order valence-corrected chi connectivity index (χ0v) is 9.34. The summed E-state index contributed by atoms with van der Waals surface area (Å²) in [6, 6.07) is 0.992. The van der Waals surface area contributed by atoms with Gasteiger partial charge in [0.25, 0.3) is 0 Å². The van der Waals surface area contributed by atoms with E-state index in [-0.39, 0.29) is 5.91 Å². The lowest BCUT2D eigenvalue weighted by Crippen LogP contribution is -2.42. The van der Waals surface area contributed by atoms with E-state index in [9.17, 15) is 4.79 Å². The Hall–Kier alpha value is -0.610. The van der Waals surface area contributed by atoms with Crippen molar-refractivity contribution < 1.29 is 4.79 Å². The first kappa shape index (κ1) is 11.5. The van der Waals surface area contributed by atoms with Crippen LogP contribution in [0.5, 0.6) is 0 Å². The van der Waals surface area contributed by atoms with Gasteiger partial charge in [0.05, 0.1) is 6.54 Å². The van der Waals surface area contributed by atoms with Crippen LogP contribution >= 0.6 is 0 Å². The van der Waals surface area contributed by atoms with Gasteiger partial charge < -0.3 is 15.5 Å². The Kier molecular flexibility index (Phi) is 4.35. The molecule has 0 aromatic rings.